The average molecular weight is 440 g/mol. The summed E-state index contributed by atoms with van der Waals surface area (Å²) in [5, 5.41) is 0. The Hall–Kier alpha value is -0.810. The predicted octanol–water partition coefficient (Wildman–Crippen LogP) is 7.22. The highest BCUT2D eigenvalue weighted by Gasteiger charge is 2.56. The molecule has 3 atom stereocenters. The molecule has 0 aliphatic carbocycles. The van der Waals surface area contributed by atoms with Gasteiger partial charge in [-0.3, -0.25) is 4.90 Å². The molecule has 2 saturated heterocycles. The van der Waals surface area contributed by atoms with Crippen molar-refractivity contribution in [3.05, 3.63) is 0 Å². The minimum absolute atomic E-state index is 0.0489. The van der Waals surface area contributed by atoms with Gasteiger partial charge < -0.3 is 14.2 Å². The van der Waals surface area contributed by atoms with Gasteiger partial charge >= 0.3 is 6.09 Å². The van der Waals surface area contributed by atoms with Crippen molar-refractivity contribution in [1.29, 1.82) is 0 Å². The van der Waals surface area contributed by atoms with Gasteiger partial charge in [0.1, 0.15) is 17.4 Å². The molecule has 0 aromatic rings. The van der Waals surface area contributed by atoms with Crippen molar-refractivity contribution in [3.8, 4) is 0 Å². The molecule has 0 bridgehead atoms. The molecular formula is C26H49NO4. The van der Waals surface area contributed by atoms with Crippen molar-refractivity contribution < 1.29 is 19.0 Å². The summed E-state index contributed by atoms with van der Waals surface area (Å²) in [5.74, 6) is 0. The fourth-order valence-corrected chi connectivity index (χ4v) is 4.65. The normalized spacial score (nSPS) is 25.1. The summed E-state index contributed by atoms with van der Waals surface area (Å²) in [4.78, 5) is 14.5. The van der Waals surface area contributed by atoms with Gasteiger partial charge in [0, 0.05) is 0 Å². The largest absolute Gasteiger partial charge is 0.444 e. The van der Waals surface area contributed by atoms with E-state index in [2.05, 4.69) is 6.92 Å². The van der Waals surface area contributed by atoms with Crippen LogP contribution in [-0.2, 0) is 14.2 Å². The van der Waals surface area contributed by atoms with E-state index in [-0.39, 0.29) is 24.3 Å². The van der Waals surface area contributed by atoms with Crippen molar-refractivity contribution in [1.82, 2.24) is 4.90 Å². The molecule has 5 heteroatoms. The van der Waals surface area contributed by atoms with Crippen molar-refractivity contribution >= 4 is 6.09 Å². The molecule has 2 heterocycles. The summed E-state index contributed by atoms with van der Waals surface area (Å²) >= 11 is 0. The Balaban J connectivity index is 1.57. The van der Waals surface area contributed by atoms with Gasteiger partial charge in [-0.1, -0.05) is 84.0 Å². The lowest BCUT2D eigenvalue weighted by Crippen LogP contribution is -2.51. The Morgan fingerprint density at radius 2 is 1.45 bits per heavy atom. The van der Waals surface area contributed by atoms with Gasteiger partial charge in [-0.25, -0.2) is 4.79 Å². The molecule has 0 aromatic carbocycles. The fraction of sp³-hybridized carbons (Fsp3) is 0.962. The third kappa shape index (κ3) is 9.29. The summed E-state index contributed by atoms with van der Waals surface area (Å²) in [5.41, 5.74) is -1.17. The standard InChI is InChI=1S/C26H49NO4/c1-7-8-9-10-11-12-13-14-15-16-17-18-19-22-23(30-22)21-20-29-26(5,6)27(21)24(28)31-25(2,3)4/h21-23H,7-20H2,1-6H3/t21-,22-,23-/m0/s1. The molecule has 31 heavy (non-hydrogen) atoms. The van der Waals surface area contributed by atoms with Gasteiger partial charge in [0.15, 0.2) is 0 Å². The van der Waals surface area contributed by atoms with Crippen LogP contribution in [0.3, 0.4) is 0 Å². The molecule has 182 valence electrons. The summed E-state index contributed by atoms with van der Waals surface area (Å²) < 4.78 is 17.5. The topological polar surface area (TPSA) is 51.3 Å². The molecule has 2 fully saturated rings. The molecule has 0 N–H and O–H groups in total. The van der Waals surface area contributed by atoms with Crippen LogP contribution in [0.15, 0.2) is 0 Å². The summed E-state index contributed by atoms with van der Waals surface area (Å²) in [6.45, 7) is 12.3. The maximum atomic E-state index is 12.8. The lowest BCUT2D eigenvalue weighted by atomic mass is 10.0. The second-order valence-corrected chi connectivity index (χ2v) is 11.0. The lowest BCUT2D eigenvalue weighted by Gasteiger charge is -2.34. The summed E-state index contributed by atoms with van der Waals surface area (Å²) in [6.07, 6.45) is 17.5. The van der Waals surface area contributed by atoms with Crippen molar-refractivity contribution in [2.24, 2.45) is 0 Å². The van der Waals surface area contributed by atoms with Gasteiger partial charge in [-0.2, -0.15) is 0 Å². The Labute approximate surface area is 191 Å². The molecule has 2 aliphatic rings. The third-order valence-corrected chi connectivity index (χ3v) is 6.45. The first-order valence-corrected chi connectivity index (χ1v) is 13.0. The summed E-state index contributed by atoms with van der Waals surface area (Å²) in [6, 6.07) is -0.0489. The van der Waals surface area contributed by atoms with Crippen molar-refractivity contribution in [3.63, 3.8) is 0 Å². The molecule has 5 nitrogen and oxygen atoms in total. The first-order chi connectivity index (χ1) is 14.7. The highest BCUT2D eigenvalue weighted by Crippen LogP contribution is 2.40. The molecule has 0 spiro atoms. The van der Waals surface area contributed by atoms with E-state index in [9.17, 15) is 4.79 Å². The molecule has 0 saturated carbocycles. The SMILES string of the molecule is CCCCCCCCCCCCCC[C@@H]1O[C@H]1[C@@H]1COC(C)(C)N1C(=O)OC(C)(C)C. The Morgan fingerprint density at radius 3 is 1.97 bits per heavy atom. The number of ether oxygens (including phenoxy) is 3. The van der Waals surface area contributed by atoms with E-state index in [1.165, 1.54) is 77.0 Å². The van der Waals surface area contributed by atoms with E-state index in [1.807, 2.05) is 34.6 Å². The minimum Gasteiger partial charge on any atom is -0.444 e. The maximum Gasteiger partial charge on any atom is 0.412 e. The number of rotatable bonds is 14. The number of amides is 1. The van der Waals surface area contributed by atoms with Gasteiger partial charge in [-0.05, 0) is 41.0 Å². The zero-order valence-corrected chi connectivity index (χ0v) is 21.2. The van der Waals surface area contributed by atoms with Crippen LogP contribution in [0.25, 0.3) is 0 Å². The van der Waals surface area contributed by atoms with E-state index in [0.717, 1.165) is 6.42 Å². The van der Waals surface area contributed by atoms with Crippen LogP contribution < -0.4 is 0 Å². The van der Waals surface area contributed by atoms with Gasteiger partial charge in [0.05, 0.1) is 18.8 Å². The molecule has 0 radical (unpaired) electrons. The van der Waals surface area contributed by atoms with Crippen LogP contribution in [0.2, 0.25) is 0 Å². The minimum atomic E-state index is -0.653. The Bertz CT molecular complexity index is 528. The smallest absolute Gasteiger partial charge is 0.412 e. The zero-order valence-electron chi connectivity index (χ0n) is 21.2. The van der Waals surface area contributed by atoms with E-state index in [1.54, 1.807) is 4.90 Å². The number of epoxide rings is 1. The molecule has 0 unspecified atom stereocenters. The van der Waals surface area contributed by atoms with Crippen LogP contribution in [0.1, 0.15) is 125 Å². The summed E-state index contributed by atoms with van der Waals surface area (Å²) in [7, 11) is 0. The number of carbonyl (C=O) groups excluding carboxylic acids is 1. The molecular weight excluding hydrogens is 390 g/mol. The average Bonchev–Trinajstić information content (AvgIpc) is 3.36. The molecule has 2 rings (SSSR count). The zero-order chi connectivity index (χ0) is 22.9. The van der Waals surface area contributed by atoms with E-state index in [4.69, 9.17) is 14.2 Å². The highest BCUT2D eigenvalue weighted by molar-refractivity contribution is 5.70. The number of carbonyl (C=O) groups is 1. The molecule has 1 amide bonds. The number of hydrogen-bond donors (Lipinski definition) is 0. The second-order valence-electron chi connectivity index (χ2n) is 11.0. The Morgan fingerprint density at radius 1 is 0.935 bits per heavy atom. The van der Waals surface area contributed by atoms with Crippen LogP contribution in [-0.4, -0.2) is 47.2 Å². The van der Waals surface area contributed by atoms with E-state index >= 15 is 0 Å². The quantitative estimate of drug-likeness (QED) is 0.212. The lowest BCUT2D eigenvalue weighted by molar-refractivity contribution is -0.0632. The van der Waals surface area contributed by atoms with Crippen molar-refractivity contribution in [2.75, 3.05) is 6.61 Å². The van der Waals surface area contributed by atoms with Gasteiger partial charge in [0.25, 0.3) is 0 Å². The highest BCUT2D eigenvalue weighted by atomic mass is 16.6. The predicted molar refractivity (Wildman–Crippen MR) is 126 cm³/mol. The van der Waals surface area contributed by atoms with Crippen LogP contribution in [0.5, 0.6) is 0 Å². The van der Waals surface area contributed by atoms with E-state index in [0.29, 0.717) is 6.61 Å². The second kappa shape index (κ2) is 12.4. The Kier molecular flexibility index (Phi) is 10.6. The van der Waals surface area contributed by atoms with E-state index < -0.39 is 11.3 Å². The molecule has 0 aromatic heterocycles. The fourth-order valence-electron chi connectivity index (χ4n) is 4.65. The van der Waals surface area contributed by atoms with Crippen molar-refractivity contribution in [2.45, 2.75) is 155 Å². The van der Waals surface area contributed by atoms with Crippen LogP contribution in [0, 0.1) is 0 Å². The third-order valence-electron chi connectivity index (χ3n) is 6.45. The number of nitrogens with zero attached hydrogens (tertiary/aromatic N) is 1. The van der Waals surface area contributed by atoms with Gasteiger partial charge in [-0.15, -0.1) is 0 Å². The van der Waals surface area contributed by atoms with Crippen LogP contribution in [0.4, 0.5) is 4.79 Å². The number of hydrogen-bond acceptors (Lipinski definition) is 4. The molecule has 2 aliphatic heterocycles. The van der Waals surface area contributed by atoms with Crippen LogP contribution >= 0.6 is 0 Å². The van der Waals surface area contributed by atoms with Gasteiger partial charge in [0.2, 0.25) is 0 Å². The first kappa shape index (κ1) is 26.4. The number of unbranched alkanes of at least 4 members (excludes halogenated alkanes) is 11. The maximum absolute atomic E-state index is 12.8. The first-order valence-electron chi connectivity index (χ1n) is 13.0. The monoisotopic (exact) mass is 439 g/mol.